The molecule has 0 radical (unpaired) electrons. The average molecular weight is 534 g/mol. The van der Waals surface area contributed by atoms with E-state index in [1.54, 1.807) is 0 Å². The van der Waals surface area contributed by atoms with Crippen LogP contribution in [0.5, 0.6) is 0 Å². The van der Waals surface area contributed by atoms with Gasteiger partial charge >= 0.3 is 0 Å². The molecule has 0 aliphatic carbocycles. The summed E-state index contributed by atoms with van der Waals surface area (Å²) in [6.07, 6.45) is 1.24. The van der Waals surface area contributed by atoms with E-state index in [9.17, 15) is 0 Å². The fourth-order valence-electron chi connectivity index (χ4n) is 4.42. The van der Waals surface area contributed by atoms with Gasteiger partial charge in [0.15, 0.2) is 5.96 Å². The Kier molecular flexibility index (Phi) is 9.61. The normalized spacial score (nSPS) is 22.2. The number of halogens is 1. The molecule has 2 aromatic rings. The van der Waals surface area contributed by atoms with Crippen LogP contribution in [-0.2, 0) is 11.3 Å². The van der Waals surface area contributed by atoms with Gasteiger partial charge in [-0.15, -0.1) is 24.0 Å². The van der Waals surface area contributed by atoms with Gasteiger partial charge in [0.05, 0.1) is 6.10 Å². The highest BCUT2D eigenvalue weighted by Gasteiger charge is 2.30. The minimum absolute atomic E-state index is 0. The van der Waals surface area contributed by atoms with Crippen molar-refractivity contribution in [2.45, 2.75) is 26.0 Å². The Morgan fingerprint density at radius 3 is 2.35 bits per heavy atom. The largest absolute Gasteiger partial charge is 0.373 e. The molecule has 1 N–H and O–H groups in total. The van der Waals surface area contributed by atoms with Crippen LogP contribution in [0.25, 0.3) is 0 Å². The number of benzene rings is 2. The summed E-state index contributed by atoms with van der Waals surface area (Å²) >= 11 is 0. The van der Waals surface area contributed by atoms with E-state index in [0.717, 1.165) is 64.8 Å². The Labute approximate surface area is 203 Å². The first-order valence-electron chi connectivity index (χ1n) is 11.3. The van der Waals surface area contributed by atoms with Crippen molar-refractivity contribution in [2.24, 2.45) is 10.9 Å². The van der Waals surface area contributed by atoms with Crippen LogP contribution >= 0.6 is 24.0 Å². The van der Waals surface area contributed by atoms with Crippen molar-refractivity contribution in [3.8, 4) is 0 Å². The van der Waals surface area contributed by atoms with Crippen molar-refractivity contribution < 1.29 is 4.74 Å². The Hall–Kier alpha value is -1.64. The molecule has 2 atom stereocenters. The Balaban J connectivity index is 0.00000272. The highest BCUT2D eigenvalue weighted by molar-refractivity contribution is 14.0. The van der Waals surface area contributed by atoms with Gasteiger partial charge in [-0.2, -0.15) is 0 Å². The van der Waals surface area contributed by atoms with E-state index < -0.39 is 0 Å². The molecule has 2 saturated heterocycles. The standard InChI is InChI=1S/C25H34N4O.HI/c1-2-26-25(27-19-23-13-18-30-24(23)22-11-7-4-8-12-22)29-16-14-28(15-17-29)20-21-9-5-3-6-10-21;/h3-12,23-24H,2,13-20H2,1H3,(H,26,27);1H. The van der Waals surface area contributed by atoms with E-state index in [-0.39, 0.29) is 30.1 Å². The van der Waals surface area contributed by atoms with Crippen LogP contribution in [0.15, 0.2) is 65.7 Å². The van der Waals surface area contributed by atoms with Crippen LogP contribution < -0.4 is 5.32 Å². The lowest BCUT2D eigenvalue weighted by molar-refractivity contribution is 0.0924. The van der Waals surface area contributed by atoms with Crippen molar-refractivity contribution in [3.05, 3.63) is 71.8 Å². The number of nitrogens with zero attached hydrogens (tertiary/aromatic N) is 3. The molecular formula is C25H35IN4O. The molecule has 2 heterocycles. The summed E-state index contributed by atoms with van der Waals surface area (Å²) in [5.41, 5.74) is 2.66. The first-order valence-corrected chi connectivity index (χ1v) is 11.3. The van der Waals surface area contributed by atoms with Gasteiger partial charge in [-0.05, 0) is 24.5 Å². The number of guanidine groups is 1. The van der Waals surface area contributed by atoms with Gasteiger partial charge in [0.2, 0.25) is 0 Å². The van der Waals surface area contributed by atoms with Crippen molar-refractivity contribution in [1.29, 1.82) is 0 Å². The maximum atomic E-state index is 6.05. The van der Waals surface area contributed by atoms with E-state index in [0.29, 0.717) is 5.92 Å². The third-order valence-corrected chi connectivity index (χ3v) is 6.07. The highest BCUT2D eigenvalue weighted by atomic mass is 127. The molecule has 0 aromatic heterocycles. The smallest absolute Gasteiger partial charge is 0.194 e. The van der Waals surface area contributed by atoms with Crippen LogP contribution in [0.2, 0.25) is 0 Å². The van der Waals surface area contributed by atoms with E-state index in [4.69, 9.17) is 9.73 Å². The van der Waals surface area contributed by atoms with Gasteiger partial charge in [0.1, 0.15) is 0 Å². The third kappa shape index (κ3) is 6.67. The van der Waals surface area contributed by atoms with E-state index in [1.807, 2.05) is 0 Å². The molecule has 5 nitrogen and oxygen atoms in total. The number of hydrogen-bond acceptors (Lipinski definition) is 3. The molecule has 2 aromatic carbocycles. The van der Waals surface area contributed by atoms with Crippen LogP contribution in [0, 0.1) is 5.92 Å². The maximum absolute atomic E-state index is 6.05. The zero-order valence-corrected chi connectivity index (χ0v) is 20.8. The molecule has 31 heavy (non-hydrogen) atoms. The van der Waals surface area contributed by atoms with Crippen LogP contribution in [-0.4, -0.2) is 61.6 Å². The number of rotatable bonds is 6. The van der Waals surface area contributed by atoms with Gasteiger partial charge in [-0.1, -0.05) is 60.7 Å². The molecule has 2 aliphatic rings. The molecule has 4 rings (SSSR count). The van der Waals surface area contributed by atoms with Gasteiger partial charge in [0, 0.05) is 58.3 Å². The average Bonchev–Trinajstić information content (AvgIpc) is 3.27. The maximum Gasteiger partial charge on any atom is 0.194 e. The lowest BCUT2D eigenvalue weighted by Gasteiger charge is -2.36. The Morgan fingerprint density at radius 2 is 1.68 bits per heavy atom. The predicted molar refractivity (Wildman–Crippen MR) is 138 cm³/mol. The molecule has 2 unspecified atom stereocenters. The Bertz CT molecular complexity index is 794. The van der Waals surface area contributed by atoms with E-state index in [2.05, 4.69) is 82.7 Å². The third-order valence-electron chi connectivity index (χ3n) is 6.07. The topological polar surface area (TPSA) is 40.1 Å². The molecule has 168 valence electrons. The first kappa shape index (κ1) is 24.0. The highest BCUT2D eigenvalue weighted by Crippen LogP contribution is 2.34. The zero-order chi connectivity index (χ0) is 20.6. The minimum Gasteiger partial charge on any atom is -0.373 e. The quantitative estimate of drug-likeness (QED) is 0.343. The summed E-state index contributed by atoms with van der Waals surface area (Å²) in [7, 11) is 0. The number of aliphatic imine (C=N–C) groups is 1. The molecule has 0 spiro atoms. The van der Waals surface area contributed by atoms with E-state index in [1.165, 1.54) is 11.1 Å². The van der Waals surface area contributed by atoms with Crippen LogP contribution in [0.4, 0.5) is 0 Å². The fourth-order valence-corrected chi connectivity index (χ4v) is 4.42. The number of hydrogen-bond donors (Lipinski definition) is 1. The molecule has 0 bridgehead atoms. The summed E-state index contributed by atoms with van der Waals surface area (Å²) in [4.78, 5) is 9.99. The fraction of sp³-hybridized carbons (Fsp3) is 0.480. The van der Waals surface area contributed by atoms with Crippen molar-refractivity contribution in [1.82, 2.24) is 15.1 Å². The van der Waals surface area contributed by atoms with E-state index >= 15 is 0 Å². The van der Waals surface area contributed by atoms with Gasteiger partial charge in [-0.3, -0.25) is 9.89 Å². The number of piperazine rings is 1. The molecule has 6 heteroatoms. The second-order valence-corrected chi connectivity index (χ2v) is 8.19. The van der Waals surface area contributed by atoms with Gasteiger partial charge in [0.25, 0.3) is 0 Å². The number of ether oxygens (including phenoxy) is 1. The summed E-state index contributed by atoms with van der Waals surface area (Å²) < 4.78 is 6.05. The van der Waals surface area contributed by atoms with Crippen molar-refractivity contribution >= 4 is 29.9 Å². The van der Waals surface area contributed by atoms with Crippen molar-refractivity contribution in [2.75, 3.05) is 45.9 Å². The summed E-state index contributed by atoms with van der Waals surface area (Å²) in [6, 6.07) is 21.3. The molecule has 2 aliphatic heterocycles. The summed E-state index contributed by atoms with van der Waals surface area (Å²) in [6.45, 7) is 9.88. The zero-order valence-electron chi connectivity index (χ0n) is 18.5. The molecule has 2 fully saturated rings. The molecule has 0 amide bonds. The summed E-state index contributed by atoms with van der Waals surface area (Å²) in [5.74, 6) is 1.50. The number of nitrogens with one attached hydrogen (secondary N) is 1. The Morgan fingerprint density at radius 1 is 1.00 bits per heavy atom. The lowest BCUT2D eigenvalue weighted by Crippen LogP contribution is -2.52. The minimum atomic E-state index is 0. The first-order chi connectivity index (χ1) is 14.8. The lowest BCUT2D eigenvalue weighted by atomic mass is 9.95. The molecular weight excluding hydrogens is 499 g/mol. The van der Waals surface area contributed by atoms with Crippen LogP contribution in [0.1, 0.15) is 30.6 Å². The second-order valence-electron chi connectivity index (χ2n) is 8.19. The second kappa shape index (κ2) is 12.4. The summed E-state index contributed by atoms with van der Waals surface area (Å²) in [5, 5.41) is 3.51. The van der Waals surface area contributed by atoms with Crippen molar-refractivity contribution in [3.63, 3.8) is 0 Å². The predicted octanol–water partition coefficient (Wildman–Crippen LogP) is 4.17. The SMILES string of the molecule is CCNC(=NCC1CCOC1c1ccccc1)N1CCN(Cc2ccccc2)CC1.I. The van der Waals surface area contributed by atoms with Crippen LogP contribution in [0.3, 0.4) is 0 Å². The van der Waals surface area contributed by atoms with Gasteiger partial charge in [-0.25, -0.2) is 0 Å². The molecule has 0 saturated carbocycles. The monoisotopic (exact) mass is 534 g/mol. The van der Waals surface area contributed by atoms with Gasteiger partial charge < -0.3 is 15.0 Å².